The number of carbonyl (C=O) groups is 1. The third-order valence-corrected chi connectivity index (χ3v) is 4.95. The number of fused-ring (bicyclic) bond motifs is 1. The molecule has 6 heteroatoms. The summed E-state index contributed by atoms with van der Waals surface area (Å²) in [5.74, 6) is -1.69. The van der Waals surface area contributed by atoms with Gasteiger partial charge in [-0.05, 0) is 36.8 Å². The smallest absolute Gasteiger partial charge is 0.311 e. The van der Waals surface area contributed by atoms with Crippen molar-refractivity contribution < 1.29 is 23.1 Å². The van der Waals surface area contributed by atoms with Crippen LogP contribution in [0.3, 0.4) is 0 Å². The fraction of sp³-hybridized carbons (Fsp3) is 0.250. The maximum Gasteiger partial charge on any atom is 0.311 e. The maximum absolute atomic E-state index is 12.2. The van der Waals surface area contributed by atoms with E-state index in [1.165, 1.54) is 26.2 Å². The number of carboxylic acids is 1. The molecule has 0 bridgehead atoms. The van der Waals surface area contributed by atoms with Crippen molar-refractivity contribution in [2.45, 2.75) is 11.8 Å². The van der Waals surface area contributed by atoms with E-state index in [2.05, 4.69) is 0 Å². The van der Waals surface area contributed by atoms with Crippen LogP contribution < -0.4 is 4.74 Å². The van der Waals surface area contributed by atoms with Crippen LogP contribution in [0.1, 0.15) is 12.5 Å². The van der Waals surface area contributed by atoms with Gasteiger partial charge >= 0.3 is 5.97 Å². The van der Waals surface area contributed by atoms with Crippen LogP contribution in [-0.4, -0.2) is 26.6 Å². The molecule has 0 saturated carbocycles. The van der Waals surface area contributed by atoms with Gasteiger partial charge in [-0.15, -0.1) is 0 Å². The number of aliphatic carboxylic acids is 1. The zero-order valence-corrected chi connectivity index (χ0v) is 10.7. The average molecular weight is 268 g/mol. The van der Waals surface area contributed by atoms with Crippen LogP contribution in [0, 0.1) is 5.92 Å². The van der Waals surface area contributed by atoms with Crippen LogP contribution >= 0.6 is 0 Å². The molecular weight excluding hydrogens is 256 g/mol. The number of hydrogen-bond acceptors (Lipinski definition) is 4. The molecule has 18 heavy (non-hydrogen) atoms. The quantitative estimate of drug-likeness (QED) is 0.899. The Balaban J connectivity index is 2.58. The van der Waals surface area contributed by atoms with Gasteiger partial charge in [0.05, 0.1) is 22.8 Å². The van der Waals surface area contributed by atoms with E-state index in [1.807, 2.05) is 0 Å². The molecule has 0 amide bonds. The molecule has 1 heterocycles. The fourth-order valence-corrected chi connectivity index (χ4v) is 3.63. The summed E-state index contributed by atoms with van der Waals surface area (Å²) in [6.07, 6.45) is 1.39. The predicted octanol–water partition coefficient (Wildman–Crippen LogP) is 1.54. The van der Waals surface area contributed by atoms with Crippen molar-refractivity contribution in [3.05, 3.63) is 28.7 Å². The molecule has 1 N–H and O–H groups in total. The lowest BCUT2D eigenvalue weighted by molar-refractivity contribution is -0.139. The van der Waals surface area contributed by atoms with Gasteiger partial charge in [-0.3, -0.25) is 4.79 Å². The number of carboxylic acid groups (broad SMARTS) is 1. The normalized spacial score (nSPS) is 17.8. The monoisotopic (exact) mass is 268 g/mol. The minimum absolute atomic E-state index is 0.0850. The number of benzene rings is 1. The SMILES string of the molecule is COc1ccc2c(c1)C=C(C(C)C(=O)O)S2(=O)=O. The molecule has 1 aromatic carbocycles. The Kier molecular flexibility index (Phi) is 2.90. The Morgan fingerprint density at radius 2 is 2.06 bits per heavy atom. The molecule has 1 aliphatic heterocycles. The molecule has 1 unspecified atom stereocenters. The third kappa shape index (κ3) is 1.78. The van der Waals surface area contributed by atoms with E-state index in [0.717, 1.165) is 0 Å². The topological polar surface area (TPSA) is 80.7 Å². The van der Waals surface area contributed by atoms with E-state index in [9.17, 15) is 13.2 Å². The second kappa shape index (κ2) is 4.13. The van der Waals surface area contributed by atoms with Crippen LogP contribution in [0.4, 0.5) is 0 Å². The second-order valence-corrected chi connectivity index (χ2v) is 5.93. The molecule has 0 spiro atoms. The summed E-state index contributed by atoms with van der Waals surface area (Å²) in [5, 5.41) is 8.92. The maximum atomic E-state index is 12.2. The Labute approximate surface area is 105 Å². The summed E-state index contributed by atoms with van der Waals surface area (Å²) in [4.78, 5) is 11.0. The lowest BCUT2D eigenvalue weighted by Crippen LogP contribution is -2.16. The number of rotatable bonds is 3. The number of methoxy groups -OCH3 is 1. The van der Waals surface area contributed by atoms with Gasteiger partial charge in [0.25, 0.3) is 0 Å². The van der Waals surface area contributed by atoms with Crippen LogP contribution in [-0.2, 0) is 14.6 Å². The van der Waals surface area contributed by atoms with E-state index >= 15 is 0 Å². The van der Waals surface area contributed by atoms with Gasteiger partial charge < -0.3 is 9.84 Å². The molecule has 2 rings (SSSR count). The zero-order chi connectivity index (χ0) is 13.5. The summed E-state index contributed by atoms with van der Waals surface area (Å²) in [7, 11) is -2.21. The first-order chi connectivity index (χ1) is 8.37. The van der Waals surface area contributed by atoms with Crippen molar-refractivity contribution in [2.24, 2.45) is 5.92 Å². The molecule has 0 radical (unpaired) electrons. The highest BCUT2D eigenvalue weighted by Crippen LogP contribution is 2.38. The second-order valence-electron chi connectivity index (χ2n) is 4.01. The molecular formula is C12H12O5S. The van der Waals surface area contributed by atoms with Gasteiger partial charge in [0, 0.05) is 0 Å². The predicted molar refractivity (Wildman–Crippen MR) is 65.0 cm³/mol. The first-order valence-corrected chi connectivity index (χ1v) is 6.73. The fourth-order valence-electron chi connectivity index (χ4n) is 1.85. The van der Waals surface area contributed by atoms with Crippen molar-refractivity contribution in [3.63, 3.8) is 0 Å². The van der Waals surface area contributed by atoms with Crippen LogP contribution in [0.5, 0.6) is 5.75 Å². The van der Waals surface area contributed by atoms with Crippen molar-refractivity contribution in [3.8, 4) is 5.75 Å². The van der Waals surface area contributed by atoms with Gasteiger partial charge in [-0.1, -0.05) is 0 Å². The molecule has 0 fully saturated rings. The molecule has 1 aliphatic rings. The van der Waals surface area contributed by atoms with Crippen molar-refractivity contribution in [2.75, 3.05) is 7.11 Å². The Hall–Kier alpha value is -1.82. The van der Waals surface area contributed by atoms with E-state index in [1.54, 1.807) is 12.1 Å². The molecule has 5 nitrogen and oxygen atoms in total. The van der Waals surface area contributed by atoms with E-state index in [0.29, 0.717) is 11.3 Å². The number of ether oxygens (including phenoxy) is 1. The van der Waals surface area contributed by atoms with Crippen molar-refractivity contribution in [1.82, 2.24) is 0 Å². The Bertz CT molecular complexity index is 642. The van der Waals surface area contributed by atoms with Gasteiger partial charge in [0.2, 0.25) is 9.84 Å². The first-order valence-electron chi connectivity index (χ1n) is 5.25. The highest BCUT2D eigenvalue weighted by molar-refractivity contribution is 7.95. The summed E-state index contributed by atoms with van der Waals surface area (Å²) in [6.45, 7) is 1.36. The summed E-state index contributed by atoms with van der Waals surface area (Å²) >= 11 is 0. The number of hydrogen-bond donors (Lipinski definition) is 1. The summed E-state index contributed by atoms with van der Waals surface area (Å²) in [5.41, 5.74) is 0.470. The van der Waals surface area contributed by atoms with Gasteiger partial charge in [0.15, 0.2) is 0 Å². The highest BCUT2D eigenvalue weighted by Gasteiger charge is 2.35. The Morgan fingerprint density at radius 1 is 1.39 bits per heavy atom. The lowest BCUT2D eigenvalue weighted by atomic mass is 10.1. The van der Waals surface area contributed by atoms with Crippen molar-refractivity contribution >= 4 is 21.9 Å². The van der Waals surface area contributed by atoms with Gasteiger partial charge in [-0.2, -0.15) is 0 Å². The van der Waals surface area contributed by atoms with Gasteiger partial charge in [0.1, 0.15) is 5.75 Å². The minimum atomic E-state index is -3.69. The van der Waals surface area contributed by atoms with E-state index in [4.69, 9.17) is 9.84 Å². The largest absolute Gasteiger partial charge is 0.497 e. The number of sulfone groups is 1. The highest BCUT2D eigenvalue weighted by atomic mass is 32.2. The van der Waals surface area contributed by atoms with E-state index < -0.39 is 21.7 Å². The van der Waals surface area contributed by atoms with Crippen LogP contribution in [0.2, 0.25) is 0 Å². The minimum Gasteiger partial charge on any atom is -0.497 e. The molecule has 1 aromatic rings. The van der Waals surface area contributed by atoms with Crippen LogP contribution in [0.25, 0.3) is 6.08 Å². The average Bonchev–Trinajstić information content (AvgIpc) is 2.59. The zero-order valence-electron chi connectivity index (χ0n) is 9.88. The van der Waals surface area contributed by atoms with Crippen LogP contribution in [0.15, 0.2) is 28.0 Å². The lowest BCUT2D eigenvalue weighted by Gasteiger charge is -2.07. The Morgan fingerprint density at radius 3 is 2.61 bits per heavy atom. The summed E-state index contributed by atoms with van der Waals surface area (Å²) < 4.78 is 29.3. The summed E-state index contributed by atoms with van der Waals surface area (Å²) in [6, 6.07) is 4.55. The molecule has 1 atom stereocenters. The first kappa shape index (κ1) is 12.6. The molecule has 0 saturated heterocycles. The molecule has 0 aliphatic carbocycles. The van der Waals surface area contributed by atoms with Gasteiger partial charge in [-0.25, -0.2) is 8.42 Å². The van der Waals surface area contributed by atoms with E-state index in [-0.39, 0.29) is 9.80 Å². The standard InChI is InChI=1S/C12H12O5S/c1-7(12(13)14)11-6-8-5-9(17-2)3-4-10(8)18(11,15)16/h3-7H,1-2H3,(H,13,14). The molecule has 0 aromatic heterocycles. The molecule has 96 valence electrons. The third-order valence-electron chi connectivity index (χ3n) is 2.91. The van der Waals surface area contributed by atoms with Crippen molar-refractivity contribution in [1.29, 1.82) is 0 Å².